The first-order valence-electron chi connectivity index (χ1n) is 11.9. The van der Waals surface area contributed by atoms with Crippen LogP contribution in [0.3, 0.4) is 0 Å². The summed E-state index contributed by atoms with van der Waals surface area (Å²) in [6.45, 7) is 3.71. The van der Waals surface area contributed by atoms with Crippen LogP contribution in [0.15, 0.2) is 48.5 Å². The Balaban J connectivity index is 1.26. The molecule has 5 heteroatoms. The van der Waals surface area contributed by atoms with Crippen molar-refractivity contribution in [3.63, 3.8) is 0 Å². The normalized spacial score (nSPS) is 20.7. The number of rotatable bonds is 6. The maximum Gasteiger partial charge on any atom is 0.255 e. The van der Waals surface area contributed by atoms with Crippen LogP contribution in [0.1, 0.15) is 61.7 Å². The lowest BCUT2D eigenvalue weighted by Gasteiger charge is -2.28. The summed E-state index contributed by atoms with van der Waals surface area (Å²) in [6, 6.07) is 15.6. The van der Waals surface area contributed by atoms with E-state index in [9.17, 15) is 4.79 Å². The predicted octanol–water partition coefficient (Wildman–Crippen LogP) is 5.37. The first kappa shape index (κ1) is 21.7. The monoisotopic (exact) mass is 420 g/mol. The van der Waals surface area contributed by atoms with E-state index in [2.05, 4.69) is 15.5 Å². The fraction of sp³-hybridized carbons (Fsp3) is 0.500. The minimum atomic E-state index is -0.141. The van der Waals surface area contributed by atoms with Gasteiger partial charge in [0.15, 0.2) is 0 Å². The van der Waals surface area contributed by atoms with Gasteiger partial charge in [0.2, 0.25) is 0 Å². The first-order valence-corrected chi connectivity index (χ1v) is 11.9. The van der Waals surface area contributed by atoms with Crippen LogP contribution in [0.4, 0.5) is 17.1 Å². The lowest BCUT2D eigenvalue weighted by Crippen LogP contribution is -2.32. The number of nitrogen functional groups attached to an aromatic ring is 1. The van der Waals surface area contributed by atoms with Crippen molar-refractivity contribution in [1.82, 2.24) is 4.90 Å². The minimum absolute atomic E-state index is 0.141. The molecular formula is C26H36N4O. The number of likely N-dealkylation sites (tertiary alicyclic amines) is 1. The number of carbonyl (C=O) groups excluding carboxylic acids is 1. The Kier molecular flexibility index (Phi) is 7.47. The summed E-state index contributed by atoms with van der Waals surface area (Å²) in [5.41, 5.74) is 8.85. The summed E-state index contributed by atoms with van der Waals surface area (Å²) >= 11 is 0. The van der Waals surface area contributed by atoms with Gasteiger partial charge in [-0.2, -0.15) is 0 Å². The average Bonchev–Trinajstić information content (AvgIpc) is 3.01. The van der Waals surface area contributed by atoms with Crippen LogP contribution in [0, 0.1) is 5.92 Å². The second kappa shape index (κ2) is 10.7. The highest BCUT2D eigenvalue weighted by Gasteiger charge is 2.21. The van der Waals surface area contributed by atoms with Crippen molar-refractivity contribution in [2.24, 2.45) is 5.92 Å². The number of nitrogens with one attached hydrogen (secondary N) is 2. The van der Waals surface area contributed by atoms with E-state index < -0.39 is 0 Å². The molecule has 0 spiro atoms. The van der Waals surface area contributed by atoms with Crippen LogP contribution < -0.4 is 16.4 Å². The number of benzene rings is 2. The second-order valence-electron chi connectivity index (χ2n) is 9.20. The van der Waals surface area contributed by atoms with Crippen molar-refractivity contribution in [3.8, 4) is 0 Å². The molecule has 1 saturated carbocycles. The van der Waals surface area contributed by atoms with E-state index in [0.29, 0.717) is 23.0 Å². The molecule has 1 saturated heterocycles. The van der Waals surface area contributed by atoms with Crippen LogP contribution in [0.25, 0.3) is 0 Å². The third-order valence-corrected chi connectivity index (χ3v) is 6.79. The molecule has 1 aliphatic heterocycles. The molecule has 166 valence electrons. The number of amides is 1. The van der Waals surface area contributed by atoms with Crippen molar-refractivity contribution < 1.29 is 4.79 Å². The summed E-state index contributed by atoms with van der Waals surface area (Å²) in [5, 5.41) is 6.58. The zero-order chi connectivity index (χ0) is 21.5. The van der Waals surface area contributed by atoms with Gasteiger partial charge in [0.05, 0.1) is 11.4 Å². The van der Waals surface area contributed by atoms with Gasteiger partial charge in [-0.25, -0.2) is 0 Å². The van der Waals surface area contributed by atoms with Gasteiger partial charge in [0.25, 0.3) is 5.91 Å². The van der Waals surface area contributed by atoms with Gasteiger partial charge < -0.3 is 21.3 Å². The quantitative estimate of drug-likeness (QED) is 0.550. The van der Waals surface area contributed by atoms with Crippen LogP contribution in [0.2, 0.25) is 0 Å². The molecule has 2 aromatic carbocycles. The van der Waals surface area contributed by atoms with E-state index in [1.54, 1.807) is 6.07 Å². The molecule has 1 amide bonds. The molecule has 0 unspecified atom stereocenters. The lowest BCUT2D eigenvalue weighted by atomic mass is 9.89. The molecule has 4 rings (SSSR count). The molecule has 0 bridgehead atoms. The summed E-state index contributed by atoms with van der Waals surface area (Å²) in [6.07, 6.45) is 10.8. The number of nitrogens with zero attached hydrogens (tertiary/aromatic N) is 1. The first-order chi connectivity index (χ1) is 15.2. The molecule has 2 fully saturated rings. The van der Waals surface area contributed by atoms with Crippen molar-refractivity contribution in [2.45, 2.75) is 57.4 Å². The number of hydrogen-bond acceptors (Lipinski definition) is 4. The molecule has 31 heavy (non-hydrogen) atoms. The Labute approximate surface area is 186 Å². The average molecular weight is 421 g/mol. The minimum Gasteiger partial charge on any atom is -0.397 e. The van der Waals surface area contributed by atoms with Gasteiger partial charge in [-0.05, 0) is 81.0 Å². The standard InChI is InChI=1S/C26H36N4O/c27-24-10-4-5-11-25(24)29-26(31)21-12-14-23(15-13-21)28-22-9-6-17-30(18-16-22)19-20-7-2-1-3-8-20/h4-5,10-15,20,22,28H,1-3,6-9,16-19,27H2,(H,29,31)/t22-/m1/s1. The summed E-state index contributed by atoms with van der Waals surface area (Å²) < 4.78 is 0. The molecule has 0 radical (unpaired) electrons. The maximum absolute atomic E-state index is 12.5. The van der Waals surface area contributed by atoms with E-state index in [0.717, 1.165) is 11.6 Å². The number of carbonyl (C=O) groups is 1. The Bertz CT molecular complexity index is 845. The third kappa shape index (κ3) is 6.23. The van der Waals surface area contributed by atoms with Crippen molar-refractivity contribution in [1.29, 1.82) is 0 Å². The van der Waals surface area contributed by atoms with E-state index in [-0.39, 0.29) is 5.91 Å². The van der Waals surface area contributed by atoms with Crippen molar-refractivity contribution in [2.75, 3.05) is 36.0 Å². The fourth-order valence-electron chi connectivity index (χ4n) is 4.98. The molecule has 1 aliphatic carbocycles. The largest absolute Gasteiger partial charge is 0.397 e. The SMILES string of the molecule is Nc1ccccc1NC(=O)c1ccc(N[C@@H]2CCCN(CC3CCCCC3)CC2)cc1. The van der Waals surface area contributed by atoms with Gasteiger partial charge in [-0.15, -0.1) is 0 Å². The highest BCUT2D eigenvalue weighted by molar-refractivity contribution is 6.05. The van der Waals surface area contributed by atoms with E-state index >= 15 is 0 Å². The Morgan fingerprint density at radius 2 is 1.68 bits per heavy atom. The maximum atomic E-state index is 12.5. The van der Waals surface area contributed by atoms with Gasteiger partial charge in [-0.1, -0.05) is 31.4 Å². The molecule has 5 nitrogen and oxygen atoms in total. The summed E-state index contributed by atoms with van der Waals surface area (Å²) in [4.78, 5) is 15.2. The zero-order valence-corrected chi connectivity index (χ0v) is 18.5. The predicted molar refractivity (Wildman–Crippen MR) is 130 cm³/mol. The molecule has 4 N–H and O–H groups in total. The topological polar surface area (TPSA) is 70.4 Å². The van der Waals surface area contributed by atoms with Crippen molar-refractivity contribution >= 4 is 23.0 Å². The summed E-state index contributed by atoms with van der Waals surface area (Å²) in [5.74, 6) is 0.778. The molecule has 2 aromatic rings. The number of anilines is 3. The smallest absolute Gasteiger partial charge is 0.255 e. The summed E-state index contributed by atoms with van der Waals surface area (Å²) in [7, 11) is 0. The van der Waals surface area contributed by atoms with E-state index in [4.69, 9.17) is 5.73 Å². The van der Waals surface area contributed by atoms with Crippen LogP contribution >= 0.6 is 0 Å². The highest BCUT2D eigenvalue weighted by Crippen LogP contribution is 2.26. The number of nitrogens with two attached hydrogens (primary N) is 1. The van der Waals surface area contributed by atoms with Gasteiger partial charge >= 0.3 is 0 Å². The highest BCUT2D eigenvalue weighted by atomic mass is 16.1. The van der Waals surface area contributed by atoms with Crippen LogP contribution in [-0.4, -0.2) is 36.5 Å². The number of hydrogen-bond donors (Lipinski definition) is 3. The van der Waals surface area contributed by atoms with Crippen LogP contribution in [0.5, 0.6) is 0 Å². The van der Waals surface area contributed by atoms with Crippen LogP contribution in [-0.2, 0) is 0 Å². The van der Waals surface area contributed by atoms with E-state index in [1.165, 1.54) is 71.0 Å². The third-order valence-electron chi connectivity index (χ3n) is 6.79. The number of para-hydroxylation sites is 2. The Morgan fingerprint density at radius 1 is 0.903 bits per heavy atom. The lowest BCUT2D eigenvalue weighted by molar-refractivity contribution is 0.102. The second-order valence-corrected chi connectivity index (χ2v) is 9.20. The molecule has 1 atom stereocenters. The fourth-order valence-corrected chi connectivity index (χ4v) is 4.98. The molecular weight excluding hydrogens is 384 g/mol. The Hall–Kier alpha value is -2.53. The van der Waals surface area contributed by atoms with Gasteiger partial charge in [-0.3, -0.25) is 4.79 Å². The molecule has 2 aliphatic rings. The Morgan fingerprint density at radius 3 is 2.45 bits per heavy atom. The molecule has 1 heterocycles. The molecule has 0 aromatic heterocycles. The zero-order valence-electron chi connectivity index (χ0n) is 18.5. The van der Waals surface area contributed by atoms with Gasteiger partial charge in [0.1, 0.15) is 0 Å². The van der Waals surface area contributed by atoms with Crippen molar-refractivity contribution in [3.05, 3.63) is 54.1 Å². The van der Waals surface area contributed by atoms with Gasteiger partial charge in [0, 0.05) is 30.4 Å². The van der Waals surface area contributed by atoms with E-state index in [1.807, 2.05) is 42.5 Å².